The molecule has 1 amide bonds. The molecule has 0 saturated heterocycles. The molecule has 0 unspecified atom stereocenters. The van der Waals surface area contributed by atoms with Crippen LogP contribution in [0.4, 0.5) is 10.1 Å². The number of fused-ring (bicyclic) bond motifs is 1. The Kier molecular flexibility index (Phi) is 4.45. The molecule has 0 radical (unpaired) electrons. The van der Waals surface area contributed by atoms with Crippen LogP contribution in [0.2, 0.25) is 0 Å². The van der Waals surface area contributed by atoms with Gasteiger partial charge in [-0.3, -0.25) is 4.79 Å². The summed E-state index contributed by atoms with van der Waals surface area (Å²) in [4.78, 5) is 18.0. The molecule has 2 aromatic heterocycles. The zero-order chi connectivity index (χ0) is 17.1. The zero-order valence-electron chi connectivity index (χ0n) is 12.8. The van der Waals surface area contributed by atoms with E-state index in [-0.39, 0.29) is 24.0 Å². The summed E-state index contributed by atoms with van der Waals surface area (Å²) in [5.41, 5.74) is 0.861. The monoisotopic (exact) mass is 340 g/mol. The van der Waals surface area contributed by atoms with Gasteiger partial charge in [-0.2, -0.15) is 0 Å². The molecule has 4 nitrogen and oxygen atoms in total. The highest BCUT2D eigenvalue weighted by atomic mass is 32.1. The van der Waals surface area contributed by atoms with Crippen LogP contribution in [0.15, 0.2) is 36.5 Å². The van der Waals surface area contributed by atoms with Crippen LogP contribution in [0.3, 0.4) is 0 Å². The Morgan fingerprint density at radius 1 is 1.42 bits per heavy atom. The molecule has 0 saturated carbocycles. The van der Waals surface area contributed by atoms with Gasteiger partial charge >= 0.3 is 0 Å². The Hall–Kier alpha value is -2.91. The SMILES string of the molecule is C#CCOc1cccc(NC(=O)c2sc3ncccc3c2C)c1F. The Morgan fingerprint density at radius 2 is 2.25 bits per heavy atom. The standard InChI is InChI=1S/C18H13FN2O2S/c1-3-10-23-14-8-4-7-13(15(14)19)21-17(22)16-11(2)12-6-5-9-20-18(12)24-16/h1,4-9H,10H2,2H3,(H,21,22). The molecule has 0 aliphatic rings. The van der Waals surface area contributed by atoms with E-state index in [9.17, 15) is 9.18 Å². The highest BCUT2D eigenvalue weighted by molar-refractivity contribution is 7.20. The first-order valence-electron chi connectivity index (χ1n) is 7.12. The van der Waals surface area contributed by atoms with Crippen LogP contribution in [-0.2, 0) is 0 Å². The number of pyridine rings is 1. The number of anilines is 1. The van der Waals surface area contributed by atoms with Crippen molar-refractivity contribution in [2.45, 2.75) is 6.92 Å². The van der Waals surface area contributed by atoms with Crippen molar-refractivity contribution < 1.29 is 13.9 Å². The van der Waals surface area contributed by atoms with Crippen LogP contribution in [-0.4, -0.2) is 17.5 Å². The van der Waals surface area contributed by atoms with E-state index < -0.39 is 5.82 Å². The molecule has 0 bridgehead atoms. The Morgan fingerprint density at radius 3 is 3.00 bits per heavy atom. The first kappa shape index (κ1) is 16.0. The number of benzene rings is 1. The Balaban J connectivity index is 1.89. The van der Waals surface area contributed by atoms with Crippen molar-refractivity contribution in [3.8, 4) is 18.1 Å². The van der Waals surface area contributed by atoms with Crippen LogP contribution < -0.4 is 10.1 Å². The second-order valence-electron chi connectivity index (χ2n) is 4.98. The molecule has 0 atom stereocenters. The molecule has 24 heavy (non-hydrogen) atoms. The molecule has 0 spiro atoms. The van der Waals surface area contributed by atoms with Crippen LogP contribution in [0.25, 0.3) is 10.2 Å². The molecule has 1 N–H and O–H groups in total. The second-order valence-corrected chi connectivity index (χ2v) is 5.98. The summed E-state index contributed by atoms with van der Waals surface area (Å²) >= 11 is 1.27. The number of terminal acetylenes is 1. The van der Waals surface area contributed by atoms with Crippen molar-refractivity contribution in [1.82, 2.24) is 4.98 Å². The molecule has 3 rings (SSSR count). The Labute approximate surface area is 142 Å². The number of aromatic nitrogens is 1. The lowest BCUT2D eigenvalue weighted by Crippen LogP contribution is -2.13. The summed E-state index contributed by atoms with van der Waals surface area (Å²) in [6.07, 6.45) is 6.78. The van der Waals surface area contributed by atoms with Gasteiger partial charge in [0.25, 0.3) is 5.91 Å². The van der Waals surface area contributed by atoms with Crippen molar-refractivity contribution in [2.24, 2.45) is 0 Å². The predicted molar refractivity (Wildman–Crippen MR) is 93.0 cm³/mol. The topological polar surface area (TPSA) is 51.2 Å². The first-order chi connectivity index (χ1) is 11.6. The number of ether oxygens (including phenoxy) is 1. The summed E-state index contributed by atoms with van der Waals surface area (Å²) < 4.78 is 19.5. The van der Waals surface area contributed by atoms with Crippen LogP contribution >= 0.6 is 11.3 Å². The molecule has 0 aliphatic carbocycles. The van der Waals surface area contributed by atoms with Crippen LogP contribution in [0.1, 0.15) is 15.2 Å². The fourth-order valence-electron chi connectivity index (χ4n) is 2.29. The van der Waals surface area contributed by atoms with Gasteiger partial charge in [0.05, 0.1) is 10.6 Å². The number of halogens is 1. The largest absolute Gasteiger partial charge is 0.478 e. The molecular weight excluding hydrogens is 327 g/mol. The highest BCUT2D eigenvalue weighted by Crippen LogP contribution is 2.30. The van der Waals surface area contributed by atoms with Gasteiger partial charge < -0.3 is 10.1 Å². The third-order valence-electron chi connectivity index (χ3n) is 3.44. The maximum absolute atomic E-state index is 14.4. The normalized spacial score (nSPS) is 10.4. The number of carbonyl (C=O) groups excluding carboxylic acids is 1. The van der Waals surface area contributed by atoms with Crippen molar-refractivity contribution in [1.29, 1.82) is 0 Å². The minimum atomic E-state index is -0.655. The van der Waals surface area contributed by atoms with Gasteiger partial charge in [-0.1, -0.05) is 18.1 Å². The number of rotatable bonds is 4. The van der Waals surface area contributed by atoms with Gasteiger partial charge in [-0.25, -0.2) is 9.37 Å². The van der Waals surface area contributed by atoms with E-state index in [2.05, 4.69) is 16.2 Å². The van der Waals surface area contributed by atoms with Crippen molar-refractivity contribution in [3.63, 3.8) is 0 Å². The summed E-state index contributed by atoms with van der Waals surface area (Å²) in [7, 11) is 0. The maximum Gasteiger partial charge on any atom is 0.266 e. The quantitative estimate of drug-likeness (QED) is 0.730. The van der Waals surface area contributed by atoms with Crippen molar-refractivity contribution in [3.05, 3.63) is 52.8 Å². The zero-order valence-corrected chi connectivity index (χ0v) is 13.6. The Bertz CT molecular complexity index is 959. The second kappa shape index (κ2) is 6.69. The highest BCUT2D eigenvalue weighted by Gasteiger charge is 2.18. The molecular formula is C18H13FN2O2S. The van der Waals surface area contributed by atoms with Crippen molar-refractivity contribution >= 4 is 33.1 Å². The summed E-state index contributed by atoms with van der Waals surface area (Å²) in [5, 5.41) is 3.50. The lowest BCUT2D eigenvalue weighted by molar-refractivity contribution is 0.102. The summed E-state index contributed by atoms with van der Waals surface area (Å²) in [6.45, 7) is 1.80. The van der Waals surface area contributed by atoms with E-state index >= 15 is 0 Å². The average molecular weight is 340 g/mol. The van der Waals surface area contributed by atoms with Gasteiger partial charge in [0.2, 0.25) is 0 Å². The summed E-state index contributed by atoms with van der Waals surface area (Å²) in [5.74, 6) is 1.23. The number of nitrogens with zero attached hydrogens (tertiary/aromatic N) is 1. The van der Waals surface area contributed by atoms with Gasteiger partial charge in [0.15, 0.2) is 11.6 Å². The van der Waals surface area contributed by atoms with Gasteiger partial charge in [-0.15, -0.1) is 17.8 Å². The van der Waals surface area contributed by atoms with Gasteiger partial charge in [0, 0.05) is 11.6 Å². The average Bonchev–Trinajstić information content (AvgIpc) is 2.93. The van der Waals surface area contributed by atoms with Crippen LogP contribution in [0.5, 0.6) is 5.75 Å². The first-order valence-corrected chi connectivity index (χ1v) is 7.93. The van der Waals surface area contributed by atoms with E-state index in [4.69, 9.17) is 11.2 Å². The minimum absolute atomic E-state index is 0.000444. The van der Waals surface area contributed by atoms with Crippen molar-refractivity contribution in [2.75, 3.05) is 11.9 Å². The molecule has 0 aliphatic heterocycles. The van der Waals surface area contributed by atoms with E-state index in [1.54, 1.807) is 12.3 Å². The smallest absolute Gasteiger partial charge is 0.266 e. The lowest BCUT2D eigenvalue weighted by atomic mass is 10.2. The molecule has 2 heterocycles. The number of aryl methyl sites for hydroxylation is 1. The number of thiophene rings is 1. The number of nitrogens with one attached hydrogen (secondary N) is 1. The van der Waals surface area contributed by atoms with E-state index in [1.165, 1.54) is 23.5 Å². The third kappa shape index (κ3) is 2.94. The van der Waals surface area contributed by atoms with Gasteiger partial charge in [0.1, 0.15) is 11.4 Å². The maximum atomic E-state index is 14.4. The van der Waals surface area contributed by atoms with Gasteiger partial charge in [-0.05, 0) is 30.7 Å². The number of hydrogen-bond donors (Lipinski definition) is 1. The molecule has 1 aromatic carbocycles. The minimum Gasteiger partial charge on any atom is -0.478 e. The summed E-state index contributed by atoms with van der Waals surface area (Å²) in [6, 6.07) is 8.23. The third-order valence-corrected chi connectivity index (χ3v) is 4.66. The molecule has 0 fully saturated rings. The molecule has 6 heteroatoms. The number of carbonyl (C=O) groups is 1. The molecule has 120 valence electrons. The number of hydrogen-bond acceptors (Lipinski definition) is 4. The van der Waals surface area contributed by atoms with E-state index in [1.807, 2.05) is 19.1 Å². The van der Waals surface area contributed by atoms with E-state index in [0.717, 1.165) is 15.8 Å². The molecule has 3 aromatic rings. The number of amides is 1. The fourth-order valence-corrected chi connectivity index (χ4v) is 3.33. The van der Waals surface area contributed by atoms with E-state index in [0.29, 0.717) is 4.88 Å². The van der Waals surface area contributed by atoms with Crippen LogP contribution in [0, 0.1) is 25.1 Å². The fraction of sp³-hybridized carbons (Fsp3) is 0.111. The predicted octanol–water partition coefficient (Wildman–Crippen LogP) is 4.01. The lowest BCUT2D eigenvalue weighted by Gasteiger charge is -2.09.